The van der Waals surface area contributed by atoms with Gasteiger partial charge in [0.05, 0.1) is 15.7 Å². The first kappa shape index (κ1) is 14.4. The van der Waals surface area contributed by atoms with Crippen LogP contribution in [0.5, 0.6) is 0 Å². The number of hydrogen-bond donors (Lipinski definition) is 2. The number of hydrogen-bond acceptors (Lipinski definition) is 5. The SMILES string of the molecule is CCC(=O)C(=O)Nc1cc(Cl)c(Cl)cc1-c1nn[nH]n1. The fourth-order valence-corrected chi connectivity index (χ4v) is 1.79. The van der Waals surface area contributed by atoms with E-state index < -0.39 is 11.7 Å². The molecule has 1 aromatic heterocycles. The molecule has 0 fully saturated rings. The van der Waals surface area contributed by atoms with Gasteiger partial charge in [-0.15, -0.1) is 10.2 Å². The Morgan fingerprint density at radius 1 is 1.30 bits per heavy atom. The van der Waals surface area contributed by atoms with Gasteiger partial charge in [-0.2, -0.15) is 5.21 Å². The minimum atomic E-state index is -0.740. The summed E-state index contributed by atoms with van der Waals surface area (Å²) in [4.78, 5) is 23.0. The highest BCUT2D eigenvalue weighted by Gasteiger charge is 2.17. The van der Waals surface area contributed by atoms with Crippen molar-refractivity contribution < 1.29 is 9.59 Å². The Labute approximate surface area is 123 Å². The zero-order valence-electron chi connectivity index (χ0n) is 10.3. The third kappa shape index (κ3) is 2.94. The molecule has 0 unspecified atom stereocenters. The molecule has 2 aromatic rings. The van der Waals surface area contributed by atoms with E-state index in [4.69, 9.17) is 23.2 Å². The van der Waals surface area contributed by atoms with Crippen molar-refractivity contribution in [2.45, 2.75) is 13.3 Å². The van der Waals surface area contributed by atoms with Gasteiger partial charge in [0.2, 0.25) is 11.6 Å². The molecule has 0 saturated heterocycles. The zero-order valence-corrected chi connectivity index (χ0v) is 11.8. The van der Waals surface area contributed by atoms with E-state index >= 15 is 0 Å². The molecule has 0 atom stereocenters. The number of H-pyrrole nitrogens is 1. The lowest BCUT2D eigenvalue weighted by Gasteiger charge is -2.09. The Bertz CT molecular complexity index is 657. The van der Waals surface area contributed by atoms with E-state index in [1.54, 1.807) is 6.92 Å². The molecule has 0 spiro atoms. The highest BCUT2D eigenvalue weighted by Crippen LogP contribution is 2.33. The van der Waals surface area contributed by atoms with Gasteiger partial charge < -0.3 is 5.32 Å². The van der Waals surface area contributed by atoms with Gasteiger partial charge in [0, 0.05) is 12.0 Å². The number of tetrazole rings is 1. The molecule has 1 aromatic carbocycles. The molecule has 0 bridgehead atoms. The maximum Gasteiger partial charge on any atom is 0.291 e. The number of carbonyl (C=O) groups is 2. The molecule has 9 heteroatoms. The highest BCUT2D eigenvalue weighted by molar-refractivity contribution is 6.43. The first-order valence-corrected chi connectivity index (χ1v) is 6.35. The molecule has 20 heavy (non-hydrogen) atoms. The molecule has 0 aliphatic heterocycles. The van der Waals surface area contributed by atoms with Gasteiger partial charge in [0.1, 0.15) is 0 Å². The van der Waals surface area contributed by atoms with Crippen molar-refractivity contribution in [3.63, 3.8) is 0 Å². The van der Waals surface area contributed by atoms with E-state index in [9.17, 15) is 9.59 Å². The highest BCUT2D eigenvalue weighted by atomic mass is 35.5. The first-order valence-electron chi connectivity index (χ1n) is 5.60. The number of amides is 1. The van der Waals surface area contributed by atoms with Gasteiger partial charge >= 0.3 is 0 Å². The normalized spacial score (nSPS) is 10.3. The quantitative estimate of drug-likeness (QED) is 0.842. The van der Waals surface area contributed by atoms with Gasteiger partial charge in [-0.25, -0.2) is 0 Å². The predicted octanol–water partition coefficient (Wildman–Crippen LogP) is 2.09. The summed E-state index contributed by atoms with van der Waals surface area (Å²) in [5.41, 5.74) is 0.693. The topological polar surface area (TPSA) is 101 Å². The van der Waals surface area contributed by atoms with Crippen LogP contribution in [0.4, 0.5) is 5.69 Å². The average molecular weight is 314 g/mol. The van der Waals surface area contributed by atoms with E-state index in [2.05, 4.69) is 25.9 Å². The smallest absolute Gasteiger partial charge is 0.291 e. The lowest BCUT2D eigenvalue weighted by molar-refractivity contribution is -0.134. The second kappa shape index (κ2) is 5.98. The molecule has 2 N–H and O–H groups in total. The molecule has 104 valence electrons. The van der Waals surface area contributed by atoms with Crippen molar-refractivity contribution in [1.82, 2.24) is 20.6 Å². The Kier molecular flexibility index (Phi) is 4.31. The molecule has 0 aliphatic rings. The van der Waals surface area contributed by atoms with Crippen LogP contribution >= 0.6 is 23.2 Å². The van der Waals surface area contributed by atoms with Gasteiger partial charge in [0.25, 0.3) is 5.91 Å². The van der Waals surface area contributed by atoms with Crippen molar-refractivity contribution in [2.75, 3.05) is 5.32 Å². The largest absolute Gasteiger partial charge is 0.319 e. The molecule has 0 aliphatic carbocycles. The van der Waals surface area contributed by atoms with Crippen molar-refractivity contribution in [1.29, 1.82) is 0 Å². The van der Waals surface area contributed by atoms with Gasteiger partial charge in [-0.1, -0.05) is 30.1 Å². The molecule has 2 rings (SSSR count). The Morgan fingerprint density at radius 2 is 2.00 bits per heavy atom. The van der Waals surface area contributed by atoms with Crippen LogP contribution in [0.2, 0.25) is 10.0 Å². The van der Waals surface area contributed by atoms with Crippen molar-refractivity contribution in [3.05, 3.63) is 22.2 Å². The number of ketones is 1. The number of benzene rings is 1. The number of rotatable bonds is 4. The summed E-state index contributed by atoms with van der Waals surface area (Å²) < 4.78 is 0. The summed E-state index contributed by atoms with van der Waals surface area (Å²) in [5, 5.41) is 16.3. The van der Waals surface area contributed by atoms with Crippen LogP contribution in [0.3, 0.4) is 0 Å². The van der Waals surface area contributed by atoms with E-state index in [1.165, 1.54) is 12.1 Å². The summed E-state index contributed by atoms with van der Waals surface area (Å²) >= 11 is 11.8. The molecule has 1 heterocycles. The minimum absolute atomic E-state index is 0.102. The number of carbonyl (C=O) groups excluding carboxylic acids is 2. The molecule has 7 nitrogen and oxygen atoms in total. The van der Waals surface area contributed by atoms with Crippen molar-refractivity contribution in [2.24, 2.45) is 0 Å². The summed E-state index contributed by atoms with van der Waals surface area (Å²) in [7, 11) is 0. The number of aromatic nitrogens is 4. The van der Waals surface area contributed by atoms with Gasteiger partial charge in [0.15, 0.2) is 0 Å². The van der Waals surface area contributed by atoms with Crippen LogP contribution in [-0.2, 0) is 9.59 Å². The number of Topliss-reactive ketones (excluding diaryl/α,β-unsaturated/α-hetero) is 1. The third-order valence-corrected chi connectivity index (χ3v) is 3.19. The standard InChI is InChI=1S/C11H9Cl2N5O2/c1-2-9(19)11(20)14-8-4-7(13)6(12)3-5(8)10-15-17-18-16-10/h3-4H,2H2,1H3,(H,14,20)(H,15,16,17,18). The maximum absolute atomic E-state index is 11.7. The van der Waals surface area contributed by atoms with Crippen LogP contribution in [0, 0.1) is 0 Å². The Morgan fingerprint density at radius 3 is 2.60 bits per heavy atom. The van der Waals surface area contributed by atoms with Crippen LogP contribution in [0.25, 0.3) is 11.4 Å². The van der Waals surface area contributed by atoms with E-state index in [1.807, 2.05) is 0 Å². The Balaban J connectivity index is 2.43. The number of aromatic amines is 1. The van der Waals surface area contributed by atoms with Crippen LogP contribution in [-0.4, -0.2) is 32.3 Å². The molecular weight excluding hydrogens is 305 g/mol. The number of halogens is 2. The third-order valence-electron chi connectivity index (χ3n) is 2.47. The van der Waals surface area contributed by atoms with E-state index in [0.717, 1.165) is 0 Å². The fourth-order valence-electron chi connectivity index (χ4n) is 1.46. The number of nitrogens with zero attached hydrogens (tertiary/aromatic N) is 3. The number of nitrogens with one attached hydrogen (secondary N) is 2. The Hall–Kier alpha value is -1.99. The second-order valence-corrected chi connectivity index (χ2v) is 4.59. The second-order valence-electron chi connectivity index (χ2n) is 3.78. The fraction of sp³-hybridized carbons (Fsp3) is 0.182. The molecular formula is C11H9Cl2N5O2. The van der Waals surface area contributed by atoms with Gasteiger partial charge in [-0.3, -0.25) is 9.59 Å². The predicted molar refractivity (Wildman–Crippen MR) is 73.6 cm³/mol. The maximum atomic E-state index is 11.7. The minimum Gasteiger partial charge on any atom is -0.319 e. The van der Waals surface area contributed by atoms with Crippen molar-refractivity contribution >= 4 is 40.6 Å². The lowest BCUT2D eigenvalue weighted by Crippen LogP contribution is -2.22. The van der Waals surface area contributed by atoms with Crippen LogP contribution in [0.1, 0.15) is 13.3 Å². The summed E-state index contributed by atoms with van der Waals surface area (Å²) in [6.45, 7) is 1.59. The van der Waals surface area contributed by atoms with Crippen molar-refractivity contribution in [3.8, 4) is 11.4 Å². The molecule has 0 saturated carbocycles. The molecule has 0 radical (unpaired) electrons. The zero-order chi connectivity index (χ0) is 14.7. The number of anilines is 1. The summed E-state index contributed by atoms with van der Waals surface area (Å²) in [5.74, 6) is -1.06. The average Bonchev–Trinajstić information content (AvgIpc) is 2.95. The summed E-state index contributed by atoms with van der Waals surface area (Å²) in [6, 6.07) is 2.91. The van der Waals surface area contributed by atoms with E-state index in [-0.39, 0.29) is 28.0 Å². The van der Waals surface area contributed by atoms with Crippen LogP contribution in [0.15, 0.2) is 12.1 Å². The van der Waals surface area contributed by atoms with E-state index in [0.29, 0.717) is 5.56 Å². The monoisotopic (exact) mass is 313 g/mol. The molecule has 1 amide bonds. The summed E-state index contributed by atoms with van der Waals surface area (Å²) in [6.07, 6.45) is 0.102. The first-order chi connectivity index (χ1) is 9.52. The lowest BCUT2D eigenvalue weighted by atomic mass is 10.1. The van der Waals surface area contributed by atoms with Gasteiger partial charge in [-0.05, 0) is 17.3 Å². The van der Waals surface area contributed by atoms with Crippen LogP contribution < -0.4 is 5.32 Å².